The Bertz CT molecular complexity index is 1100. The summed E-state index contributed by atoms with van der Waals surface area (Å²) in [6, 6.07) is 19.9. The van der Waals surface area contributed by atoms with Crippen LogP contribution in [0.25, 0.3) is 0 Å². The number of hydrogen-bond acceptors (Lipinski definition) is 2. The van der Waals surface area contributed by atoms with E-state index in [-0.39, 0.29) is 30.2 Å². The third-order valence-electron chi connectivity index (χ3n) is 6.87. The molecule has 6 heteroatoms. The van der Waals surface area contributed by atoms with Crippen molar-refractivity contribution in [3.63, 3.8) is 0 Å². The van der Waals surface area contributed by atoms with E-state index in [2.05, 4.69) is 4.57 Å². The Morgan fingerprint density at radius 1 is 0.943 bits per heavy atom. The zero-order valence-electron chi connectivity index (χ0n) is 20.4. The molecular formula is C29H34FN3O2. The fourth-order valence-electron chi connectivity index (χ4n) is 4.87. The van der Waals surface area contributed by atoms with E-state index in [1.165, 1.54) is 18.6 Å². The maximum atomic E-state index is 13.7. The molecule has 35 heavy (non-hydrogen) atoms. The lowest BCUT2D eigenvalue weighted by molar-refractivity contribution is -0.135. The third kappa shape index (κ3) is 6.38. The molecule has 184 valence electrons. The van der Waals surface area contributed by atoms with Gasteiger partial charge in [0.05, 0.1) is 6.54 Å². The number of hydrogen-bond donors (Lipinski definition) is 0. The van der Waals surface area contributed by atoms with Gasteiger partial charge < -0.3 is 14.4 Å². The molecule has 1 aliphatic rings. The lowest BCUT2D eigenvalue weighted by atomic mass is 9.94. The standard InChI is InChI=1S/C29H34FN3O2/c1-2-31(29(35)24-10-5-3-6-11-24)22-28(34)33(26-12-7-4-8-13-26)21-27-14-9-19-32(27)20-23-15-17-25(30)18-16-23/h3,5-6,9-11,14-19,26H,2,4,7-8,12-13,20-22H2,1H3. The molecule has 1 fully saturated rings. The second-order valence-electron chi connectivity index (χ2n) is 9.25. The van der Waals surface area contributed by atoms with E-state index >= 15 is 0 Å². The summed E-state index contributed by atoms with van der Waals surface area (Å²) >= 11 is 0. The number of carbonyl (C=O) groups excluding carboxylic acids is 2. The smallest absolute Gasteiger partial charge is 0.254 e. The minimum absolute atomic E-state index is 0.0161. The van der Waals surface area contributed by atoms with Crippen molar-refractivity contribution in [2.45, 2.75) is 58.2 Å². The highest BCUT2D eigenvalue weighted by Gasteiger charge is 2.28. The van der Waals surface area contributed by atoms with Crippen LogP contribution in [0.1, 0.15) is 60.6 Å². The normalized spacial score (nSPS) is 14.0. The summed E-state index contributed by atoms with van der Waals surface area (Å²) < 4.78 is 15.4. The molecule has 2 aromatic carbocycles. The fourth-order valence-corrected chi connectivity index (χ4v) is 4.87. The fraction of sp³-hybridized carbons (Fsp3) is 0.379. The van der Waals surface area contributed by atoms with E-state index < -0.39 is 0 Å². The molecular weight excluding hydrogens is 441 g/mol. The molecule has 4 rings (SSSR count). The van der Waals surface area contributed by atoms with E-state index in [0.717, 1.165) is 36.9 Å². The molecule has 1 saturated carbocycles. The molecule has 2 amide bonds. The van der Waals surface area contributed by atoms with E-state index in [1.807, 2.05) is 48.4 Å². The Morgan fingerprint density at radius 3 is 2.34 bits per heavy atom. The van der Waals surface area contributed by atoms with Gasteiger partial charge in [-0.05, 0) is 61.7 Å². The first-order chi connectivity index (χ1) is 17.0. The van der Waals surface area contributed by atoms with Crippen LogP contribution < -0.4 is 0 Å². The van der Waals surface area contributed by atoms with Crippen molar-refractivity contribution in [2.75, 3.05) is 13.1 Å². The SMILES string of the molecule is CCN(CC(=O)N(Cc1cccn1Cc1ccc(F)cc1)C1CCCCC1)C(=O)c1ccccc1. The van der Waals surface area contributed by atoms with Gasteiger partial charge in [0.25, 0.3) is 5.91 Å². The highest BCUT2D eigenvalue weighted by Crippen LogP contribution is 2.25. The van der Waals surface area contributed by atoms with Crippen molar-refractivity contribution in [2.24, 2.45) is 0 Å². The van der Waals surface area contributed by atoms with Crippen LogP contribution in [-0.4, -0.2) is 45.3 Å². The summed E-state index contributed by atoms with van der Waals surface area (Å²) in [5.41, 5.74) is 2.63. The number of likely N-dealkylation sites (N-methyl/N-ethyl adjacent to an activating group) is 1. The van der Waals surface area contributed by atoms with Gasteiger partial charge in [-0.25, -0.2) is 4.39 Å². The van der Waals surface area contributed by atoms with Gasteiger partial charge in [0.15, 0.2) is 0 Å². The predicted octanol–water partition coefficient (Wildman–Crippen LogP) is 5.50. The molecule has 5 nitrogen and oxygen atoms in total. The van der Waals surface area contributed by atoms with Gasteiger partial charge in [-0.15, -0.1) is 0 Å². The maximum absolute atomic E-state index is 13.7. The predicted molar refractivity (Wildman–Crippen MR) is 135 cm³/mol. The maximum Gasteiger partial charge on any atom is 0.254 e. The largest absolute Gasteiger partial charge is 0.345 e. The Morgan fingerprint density at radius 2 is 1.66 bits per heavy atom. The van der Waals surface area contributed by atoms with Crippen molar-refractivity contribution in [3.05, 3.63) is 95.6 Å². The molecule has 0 saturated heterocycles. The molecule has 0 unspecified atom stereocenters. The number of halogens is 1. The zero-order valence-corrected chi connectivity index (χ0v) is 20.4. The van der Waals surface area contributed by atoms with Crippen molar-refractivity contribution in [1.29, 1.82) is 0 Å². The van der Waals surface area contributed by atoms with Gasteiger partial charge >= 0.3 is 0 Å². The second-order valence-corrected chi connectivity index (χ2v) is 9.25. The van der Waals surface area contributed by atoms with Gasteiger partial charge in [0.2, 0.25) is 5.91 Å². The Kier molecular flexibility index (Phi) is 8.35. The zero-order chi connectivity index (χ0) is 24.6. The number of aromatic nitrogens is 1. The van der Waals surface area contributed by atoms with Crippen LogP contribution in [0.4, 0.5) is 4.39 Å². The van der Waals surface area contributed by atoms with Gasteiger partial charge in [-0.1, -0.05) is 49.6 Å². The average Bonchev–Trinajstić information content (AvgIpc) is 3.34. The molecule has 0 bridgehead atoms. The summed E-state index contributed by atoms with van der Waals surface area (Å²) in [6.45, 7) is 3.56. The summed E-state index contributed by atoms with van der Waals surface area (Å²) in [5, 5.41) is 0. The molecule has 0 N–H and O–H groups in total. The molecule has 1 aliphatic carbocycles. The quantitative estimate of drug-likeness (QED) is 0.410. The van der Waals surface area contributed by atoms with Crippen LogP contribution in [-0.2, 0) is 17.9 Å². The Balaban J connectivity index is 1.51. The topological polar surface area (TPSA) is 45.6 Å². The molecule has 1 heterocycles. The lowest BCUT2D eigenvalue weighted by Gasteiger charge is -2.36. The second kappa shape index (κ2) is 11.8. The molecule has 1 aromatic heterocycles. The van der Waals surface area contributed by atoms with E-state index in [0.29, 0.717) is 25.2 Å². The first-order valence-electron chi connectivity index (χ1n) is 12.6. The molecule has 0 radical (unpaired) electrons. The van der Waals surface area contributed by atoms with Gasteiger partial charge in [-0.3, -0.25) is 9.59 Å². The number of amides is 2. The van der Waals surface area contributed by atoms with Crippen molar-refractivity contribution < 1.29 is 14.0 Å². The summed E-state index contributed by atoms with van der Waals surface area (Å²) in [4.78, 5) is 30.3. The van der Waals surface area contributed by atoms with Crippen LogP contribution >= 0.6 is 0 Å². The minimum atomic E-state index is -0.249. The number of carbonyl (C=O) groups is 2. The average molecular weight is 476 g/mol. The van der Waals surface area contributed by atoms with Crippen LogP contribution in [0.15, 0.2) is 72.9 Å². The number of benzene rings is 2. The molecule has 0 atom stereocenters. The first kappa shape index (κ1) is 24.7. The van der Waals surface area contributed by atoms with Crippen LogP contribution in [0, 0.1) is 5.82 Å². The third-order valence-corrected chi connectivity index (χ3v) is 6.87. The first-order valence-corrected chi connectivity index (χ1v) is 12.6. The molecule has 3 aromatic rings. The van der Waals surface area contributed by atoms with Crippen LogP contribution in [0.5, 0.6) is 0 Å². The van der Waals surface area contributed by atoms with Crippen molar-refractivity contribution >= 4 is 11.8 Å². The van der Waals surface area contributed by atoms with Crippen molar-refractivity contribution in [3.8, 4) is 0 Å². The summed E-state index contributed by atoms with van der Waals surface area (Å²) in [5.74, 6) is -0.386. The van der Waals surface area contributed by atoms with E-state index in [1.54, 1.807) is 29.2 Å². The minimum Gasteiger partial charge on any atom is -0.345 e. The molecule has 0 spiro atoms. The highest BCUT2D eigenvalue weighted by molar-refractivity contribution is 5.96. The van der Waals surface area contributed by atoms with E-state index in [4.69, 9.17) is 0 Å². The molecule has 0 aliphatic heterocycles. The van der Waals surface area contributed by atoms with Crippen LogP contribution in [0.3, 0.4) is 0 Å². The Hall–Kier alpha value is -3.41. The van der Waals surface area contributed by atoms with Gasteiger partial charge in [-0.2, -0.15) is 0 Å². The van der Waals surface area contributed by atoms with E-state index in [9.17, 15) is 14.0 Å². The summed E-state index contributed by atoms with van der Waals surface area (Å²) in [6.07, 6.45) is 7.41. The van der Waals surface area contributed by atoms with Gasteiger partial charge in [0.1, 0.15) is 12.4 Å². The van der Waals surface area contributed by atoms with Gasteiger partial charge in [0, 0.05) is 36.6 Å². The Labute approximate surface area is 207 Å². The van der Waals surface area contributed by atoms with Crippen molar-refractivity contribution in [1.82, 2.24) is 14.4 Å². The monoisotopic (exact) mass is 475 g/mol. The highest BCUT2D eigenvalue weighted by atomic mass is 19.1. The summed E-state index contributed by atoms with van der Waals surface area (Å²) in [7, 11) is 0. The lowest BCUT2D eigenvalue weighted by Crippen LogP contribution is -2.47. The number of rotatable bonds is 9. The van der Waals surface area contributed by atoms with Crippen LogP contribution in [0.2, 0.25) is 0 Å². The number of nitrogens with zero attached hydrogens (tertiary/aromatic N) is 3.